The van der Waals surface area contributed by atoms with Gasteiger partial charge in [0.05, 0.1) is 6.42 Å². The average Bonchev–Trinajstić information content (AvgIpc) is 2.55. The highest BCUT2D eigenvalue weighted by Crippen LogP contribution is 2.16. The van der Waals surface area contributed by atoms with Crippen molar-refractivity contribution < 1.29 is 9.21 Å². The van der Waals surface area contributed by atoms with Crippen LogP contribution in [-0.2, 0) is 11.2 Å². The number of hydrazine groups is 1. The first-order valence-corrected chi connectivity index (χ1v) is 5.37. The summed E-state index contributed by atoms with van der Waals surface area (Å²) in [5.74, 6) is 0.587. The Labute approximate surface area is 99.4 Å². The number of aryl methyl sites for hydroxylation is 1. The normalized spacial score (nSPS) is 11.1. The van der Waals surface area contributed by atoms with Crippen molar-refractivity contribution in [3.05, 3.63) is 29.7 Å². The van der Waals surface area contributed by atoms with E-state index < -0.39 is 0 Å². The third kappa shape index (κ3) is 2.82. The number of hydrogen-bond donors (Lipinski definition) is 1. The van der Waals surface area contributed by atoms with Crippen molar-refractivity contribution in [3.8, 4) is 0 Å². The van der Waals surface area contributed by atoms with Gasteiger partial charge in [0.25, 0.3) is 0 Å². The molecule has 0 radical (unpaired) electrons. The van der Waals surface area contributed by atoms with Crippen LogP contribution in [0.5, 0.6) is 0 Å². The van der Waals surface area contributed by atoms with Crippen molar-refractivity contribution in [2.24, 2.45) is 0 Å². The molecule has 1 heterocycles. The minimum Gasteiger partial charge on any atom is -0.441 e. The molecule has 0 unspecified atom stereocenters. The molecule has 0 bridgehead atoms. The lowest BCUT2D eigenvalue weighted by atomic mass is 10.1. The summed E-state index contributed by atoms with van der Waals surface area (Å²) in [6, 6.07) is 5.59. The van der Waals surface area contributed by atoms with E-state index in [1.54, 1.807) is 26.0 Å². The zero-order valence-corrected chi connectivity index (χ0v) is 10.2. The number of aromatic nitrogens is 1. The lowest BCUT2D eigenvalue weighted by molar-refractivity contribution is -0.124. The molecule has 0 spiro atoms. The van der Waals surface area contributed by atoms with E-state index in [1.807, 2.05) is 18.2 Å². The van der Waals surface area contributed by atoms with Crippen LogP contribution in [0.1, 0.15) is 11.5 Å². The second-order valence-corrected chi connectivity index (χ2v) is 4.14. The molecule has 1 amide bonds. The number of carbonyl (C=O) groups excluding carboxylic acids is 1. The SMILES string of the molecule is Cc1nc2cc(CC(=O)NN(C)C)ccc2o1. The van der Waals surface area contributed by atoms with Gasteiger partial charge in [-0.05, 0) is 17.7 Å². The predicted octanol–water partition coefficient (Wildman–Crippen LogP) is 1.27. The lowest BCUT2D eigenvalue weighted by Gasteiger charge is -2.11. The van der Waals surface area contributed by atoms with Crippen molar-refractivity contribution in [1.82, 2.24) is 15.4 Å². The zero-order valence-electron chi connectivity index (χ0n) is 10.2. The molecule has 90 valence electrons. The maximum Gasteiger partial charge on any atom is 0.238 e. The Hall–Kier alpha value is -1.88. The Morgan fingerprint density at radius 2 is 2.24 bits per heavy atom. The Kier molecular flexibility index (Phi) is 3.10. The number of rotatable bonds is 3. The Balaban J connectivity index is 2.16. The van der Waals surface area contributed by atoms with Crippen LogP contribution in [0.15, 0.2) is 22.6 Å². The number of hydrogen-bond acceptors (Lipinski definition) is 4. The number of nitrogens with zero attached hydrogens (tertiary/aromatic N) is 2. The molecule has 2 aromatic rings. The van der Waals surface area contributed by atoms with Gasteiger partial charge in [-0.3, -0.25) is 10.2 Å². The first-order chi connectivity index (χ1) is 8.04. The monoisotopic (exact) mass is 233 g/mol. The summed E-state index contributed by atoms with van der Waals surface area (Å²) in [5.41, 5.74) is 5.16. The topological polar surface area (TPSA) is 58.4 Å². The van der Waals surface area contributed by atoms with E-state index >= 15 is 0 Å². The number of oxazole rings is 1. The van der Waals surface area contributed by atoms with Crippen LogP contribution in [0, 0.1) is 6.92 Å². The quantitative estimate of drug-likeness (QED) is 0.811. The fourth-order valence-electron chi connectivity index (χ4n) is 1.67. The Morgan fingerprint density at radius 3 is 2.94 bits per heavy atom. The van der Waals surface area contributed by atoms with Gasteiger partial charge in [0.15, 0.2) is 11.5 Å². The molecular weight excluding hydrogens is 218 g/mol. The van der Waals surface area contributed by atoms with E-state index in [0.29, 0.717) is 12.3 Å². The van der Waals surface area contributed by atoms with Crippen molar-refractivity contribution in [3.63, 3.8) is 0 Å². The second-order valence-electron chi connectivity index (χ2n) is 4.14. The predicted molar refractivity (Wildman–Crippen MR) is 64.3 cm³/mol. The number of benzene rings is 1. The van der Waals surface area contributed by atoms with E-state index in [4.69, 9.17) is 4.42 Å². The number of nitrogens with one attached hydrogen (secondary N) is 1. The van der Waals surface area contributed by atoms with Gasteiger partial charge < -0.3 is 4.42 Å². The van der Waals surface area contributed by atoms with E-state index in [1.165, 1.54) is 0 Å². The molecule has 5 nitrogen and oxygen atoms in total. The van der Waals surface area contributed by atoms with E-state index in [9.17, 15) is 4.79 Å². The van der Waals surface area contributed by atoms with Gasteiger partial charge in [-0.2, -0.15) is 0 Å². The molecule has 0 aliphatic rings. The van der Waals surface area contributed by atoms with Gasteiger partial charge in [0, 0.05) is 21.0 Å². The summed E-state index contributed by atoms with van der Waals surface area (Å²) >= 11 is 0. The van der Waals surface area contributed by atoms with Crippen LogP contribution in [-0.4, -0.2) is 30.0 Å². The van der Waals surface area contributed by atoms with Crippen LogP contribution in [0.2, 0.25) is 0 Å². The molecule has 1 aromatic carbocycles. The zero-order chi connectivity index (χ0) is 12.4. The largest absolute Gasteiger partial charge is 0.441 e. The third-order valence-electron chi connectivity index (χ3n) is 2.27. The van der Waals surface area contributed by atoms with Gasteiger partial charge in [-0.1, -0.05) is 6.07 Å². The summed E-state index contributed by atoms with van der Waals surface area (Å²) in [7, 11) is 3.56. The molecule has 0 fully saturated rings. The third-order valence-corrected chi connectivity index (χ3v) is 2.27. The maximum atomic E-state index is 11.6. The average molecular weight is 233 g/mol. The maximum absolute atomic E-state index is 11.6. The minimum absolute atomic E-state index is 0.0467. The van der Waals surface area contributed by atoms with Crippen LogP contribution >= 0.6 is 0 Å². The molecule has 1 aromatic heterocycles. The molecule has 0 aliphatic carbocycles. The van der Waals surface area contributed by atoms with Crippen LogP contribution in [0.4, 0.5) is 0 Å². The van der Waals surface area contributed by atoms with Crippen molar-refractivity contribution in [2.45, 2.75) is 13.3 Å². The number of fused-ring (bicyclic) bond motifs is 1. The highest BCUT2D eigenvalue weighted by molar-refractivity contribution is 5.80. The van der Waals surface area contributed by atoms with Crippen LogP contribution in [0.25, 0.3) is 11.1 Å². The smallest absolute Gasteiger partial charge is 0.238 e. The van der Waals surface area contributed by atoms with Gasteiger partial charge in [-0.25, -0.2) is 9.99 Å². The summed E-state index contributed by atoms with van der Waals surface area (Å²) in [4.78, 5) is 15.8. The standard InChI is InChI=1S/C12H15N3O2/c1-8-13-10-6-9(4-5-11(10)17-8)7-12(16)14-15(2)3/h4-6H,7H2,1-3H3,(H,14,16). The highest BCUT2D eigenvalue weighted by atomic mass is 16.3. The molecule has 0 atom stereocenters. The van der Waals surface area contributed by atoms with Gasteiger partial charge in [0.2, 0.25) is 5.91 Å². The van der Waals surface area contributed by atoms with Crippen molar-refractivity contribution >= 4 is 17.0 Å². The van der Waals surface area contributed by atoms with E-state index in [0.717, 1.165) is 16.7 Å². The molecule has 0 aliphatic heterocycles. The molecule has 1 N–H and O–H groups in total. The summed E-state index contributed by atoms with van der Waals surface area (Å²) < 4.78 is 5.37. The van der Waals surface area contributed by atoms with Crippen molar-refractivity contribution in [1.29, 1.82) is 0 Å². The van der Waals surface area contributed by atoms with E-state index in [2.05, 4.69) is 10.4 Å². The molecule has 0 saturated heterocycles. The summed E-state index contributed by atoms with van der Waals surface area (Å²) in [6.07, 6.45) is 0.333. The van der Waals surface area contributed by atoms with Crippen LogP contribution in [0.3, 0.4) is 0 Å². The first kappa shape index (κ1) is 11.6. The second kappa shape index (κ2) is 4.55. The Morgan fingerprint density at radius 1 is 1.47 bits per heavy atom. The molecule has 0 saturated carbocycles. The summed E-state index contributed by atoms with van der Waals surface area (Å²) in [6.45, 7) is 1.80. The Bertz CT molecular complexity index is 546. The highest BCUT2D eigenvalue weighted by Gasteiger charge is 2.07. The van der Waals surface area contributed by atoms with Crippen LogP contribution < -0.4 is 5.43 Å². The van der Waals surface area contributed by atoms with Gasteiger partial charge in [-0.15, -0.1) is 0 Å². The number of carbonyl (C=O) groups is 1. The summed E-state index contributed by atoms with van der Waals surface area (Å²) in [5, 5.41) is 1.63. The molecule has 5 heteroatoms. The fourth-order valence-corrected chi connectivity index (χ4v) is 1.67. The first-order valence-electron chi connectivity index (χ1n) is 5.37. The van der Waals surface area contributed by atoms with E-state index in [-0.39, 0.29) is 5.91 Å². The van der Waals surface area contributed by atoms with Gasteiger partial charge in [0.1, 0.15) is 5.52 Å². The number of amides is 1. The minimum atomic E-state index is -0.0467. The molecule has 17 heavy (non-hydrogen) atoms. The molecular formula is C12H15N3O2. The van der Waals surface area contributed by atoms with Crippen molar-refractivity contribution in [2.75, 3.05) is 14.1 Å². The fraction of sp³-hybridized carbons (Fsp3) is 0.333. The molecule has 2 rings (SSSR count). The lowest BCUT2D eigenvalue weighted by Crippen LogP contribution is -2.37. The van der Waals surface area contributed by atoms with Gasteiger partial charge >= 0.3 is 0 Å².